The highest BCUT2D eigenvalue weighted by Gasteiger charge is 2.22. The standard InChI is InChI=1S/C23H28N2O3/c1-14-11-18-16(3)22(28-21(18)12-15(14)2)23(26)24-13-19(25(4)5)17-9-7-8-10-20(17)27-6/h7-12,19H,13H2,1-6H3,(H,24,26). The molecule has 3 aromatic rings. The highest BCUT2D eigenvalue weighted by atomic mass is 16.5. The summed E-state index contributed by atoms with van der Waals surface area (Å²) in [5.74, 6) is 0.976. The molecule has 2 aromatic carbocycles. The van der Waals surface area contributed by atoms with Crippen molar-refractivity contribution in [1.29, 1.82) is 0 Å². The maximum atomic E-state index is 12.9. The number of furan rings is 1. The Morgan fingerprint density at radius 3 is 2.50 bits per heavy atom. The first-order valence-electron chi connectivity index (χ1n) is 9.41. The van der Waals surface area contributed by atoms with E-state index >= 15 is 0 Å². The third-order valence-corrected chi connectivity index (χ3v) is 5.34. The van der Waals surface area contributed by atoms with E-state index in [0.29, 0.717) is 12.3 Å². The van der Waals surface area contributed by atoms with Crippen LogP contribution in [0.5, 0.6) is 5.75 Å². The van der Waals surface area contributed by atoms with Crippen molar-refractivity contribution >= 4 is 16.9 Å². The van der Waals surface area contributed by atoms with Crippen molar-refractivity contribution in [2.24, 2.45) is 0 Å². The van der Waals surface area contributed by atoms with Crippen LogP contribution in [-0.4, -0.2) is 38.6 Å². The zero-order chi connectivity index (χ0) is 20.4. The van der Waals surface area contributed by atoms with Crippen molar-refractivity contribution in [3.05, 3.63) is 64.4 Å². The van der Waals surface area contributed by atoms with Crippen LogP contribution in [0.2, 0.25) is 0 Å². The number of amides is 1. The maximum Gasteiger partial charge on any atom is 0.287 e. The number of fused-ring (bicyclic) bond motifs is 1. The molecule has 0 saturated carbocycles. The first-order valence-corrected chi connectivity index (χ1v) is 9.41. The van der Waals surface area contributed by atoms with Crippen LogP contribution >= 0.6 is 0 Å². The van der Waals surface area contributed by atoms with Gasteiger partial charge in [0.05, 0.1) is 13.2 Å². The van der Waals surface area contributed by atoms with Gasteiger partial charge < -0.3 is 19.4 Å². The molecule has 1 atom stereocenters. The molecule has 1 N–H and O–H groups in total. The van der Waals surface area contributed by atoms with Crippen molar-refractivity contribution in [3.8, 4) is 5.75 Å². The van der Waals surface area contributed by atoms with E-state index in [2.05, 4.69) is 23.2 Å². The fourth-order valence-electron chi connectivity index (χ4n) is 3.47. The van der Waals surface area contributed by atoms with Gasteiger partial charge in [-0.15, -0.1) is 0 Å². The average molecular weight is 380 g/mol. The molecule has 5 nitrogen and oxygen atoms in total. The monoisotopic (exact) mass is 380 g/mol. The van der Waals surface area contributed by atoms with E-state index in [1.807, 2.05) is 58.3 Å². The van der Waals surface area contributed by atoms with Gasteiger partial charge in [0.25, 0.3) is 5.91 Å². The van der Waals surface area contributed by atoms with Crippen molar-refractivity contribution in [3.63, 3.8) is 0 Å². The van der Waals surface area contributed by atoms with E-state index < -0.39 is 0 Å². The van der Waals surface area contributed by atoms with Crippen LogP contribution in [0.15, 0.2) is 40.8 Å². The number of hydrogen-bond acceptors (Lipinski definition) is 4. The van der Waals surface area contributed by atoms with Gasteiger partial charge in [0, 0.05) is 23.1 Å². The van der Waals surface area contributed by atoms with E-state index in [-0.39, 0.29) is 11.9 Å². The number of hydrogen-bond donors (Lipinski definition) is 1. The predicted molar refractivity (Wildman–Crippen MR) is 112 cm³/mol. The van der Waals surface area contributed by atoms with Crippen molar-refractivity contribution in [2.45, 2.75) is 26.8 Å². The summed E-state index contributed by atoms with van der Waals surface area (Å²) in [6, 6.07) is 11.9. The number of methoxy groups -OCH3 is 1. The Bertz CT molecular complexity index is 1000. The highest BCUT2D eigenvalue weighted by Crippen LogP contribution is 2.29. The van der Waals surface area contributed by atoms with E-state index in [1.165, 1.54) is 5.56 Å². The van der Waals surface area contributed by atoms with Crippen molar-refractivity contribution in [2.75, 3.05) is 27.7 Å². The third-order valence-electron chi connectivity index (χ3n) is 5.34. The summed E-state index contributed by atoms with van der Waals surface area (Å²) in [4.78, 5) is 14.9. The first-order chi connectivity index (χ1) is 13.3. The lowest BCUT2D eigenvalue weighted by Crippen LogP contribution is -2.34. The Kier molecular flexibility index (Phi) is 5.75. The number of ether oxygens (including phenoxy) is 1. The molecular formula is C23H28N2O3. The number of nitrogens with one attached hydrogen (secondary N) is 1. The zero-order valence-corrected chi connectivity index (χ0v) is 17.4. The minimum atomic E-state index is -0.203. The van der Waals surface area contributed by atoms with Gasteiger partial charge in [0.2, 0.25) is 0 Å². The second-order valence-electron chi connectivity index (χ2n) is 7.42. The molecule has 5 heteroatoms. The summed E-state index contributed by atoms with van der Waals surface area (Å²) in [6.07, 6.45) is 0. The van der Waals surface area contributed by atoms with Gasteiger partial charge >= 0.3 is 0 Å². The molecule has 3 rings (SSSR count). The smallest absolute Gasteiger partial charge is 0.287 e. The predicted octanol–water partition coefficient (Wildman–Crippen LogP) is 4.40. The Labute approximate surface area is 166 Å². The molecule has 0 bridgehead atoms. The van der Waals surface area contributed by atoms with Gasteiger partial charge in [-0.1, -0.05) is 18.2 Å². The molecular weight excluding hydrogens is 352 g/mol. The highest BCUT2D eigenvalue weighted by molar-refractivity contribution is 5.99. The summed E-state index contributed by atoms with van der Waals surface area (Å²) < 4.78 is 11.4. The SMILES string of the molecule is COc1ccccc1C(CNC(=O)c1oc2cc(C)c(C)cc2c1C)N(C)C. The molecule has 0 fully saturated rings. The van der Waals surface area contributed by atoms with Gasteiger partial charge in [-0.05, 0) is 64.2 Å². The number of nitrogens with zero attached hydrogens (tertiary/aromatic N) is 1. The molecule has 1 amide bonds. The largest absolute Gasteiger partial charge is 0.496 e. The van der Waals surface area contributed by atoms with Crippen LogP contribution in [0, 0.1) is 20.8 Å². The molecule has 148 valence electrons. The number of benzene rings is 2. The van der Waals surface area contributed by atoms with Crippen LogP contribution in [0.1, 0.15) is 38.9 Å². The zero-order valence-electron chi connectivity index (χ0n) is 17.4. The Balaban J connectivity index is 1.84. The minimum Gasteiger partial charge on any atom is -0.496 e. The lowest BCUT2D eigenvalue weighted by atomic mass is 10.0. The molecule has 0 saturated heterocycles. The lowest BCUT2D eigenvalue weighted by Gasteiger charge is -2.26. The van der Waals surface area contributed by atoms with Crippen LogP contribution in [0.25, 0.3) is 11.0 Å². The van der Waals surface area contributed by atoms with E-state index in [0.717, 1.165) is 33.4 Å². The minimum absolute atomic E-state index is 0.0192. The van der Waals surface area contributed by atoms with Gasteiger partial charge in [0.15, 0.2) is 5.76 Å². The fraction of sp³-hybridized carbons (Fsp3) is 0.348. The number of carbonyl (C=O) groups is 1. The lowest BCUT2D eigenvalue weighted by molar-refractivity contribution is 0.0915. The van der Waals surface area contributed by atoms with Crippen LogP contribution in [0.3, 0.4) is 0 Å². The summed E-state index contributed by atoms with van der Waals surface area (Å²) in [5, 5.41) is 4.02. The molecule has 0 aliphatic heterocycles. The van der Waals surface area contributed by atoms with Crippen LogP contribution in [0.4, 0.5) is 0 Å². The number of rotatable bonds is 6. The van der Waals surface area contributed by atoms with E-state index in [1.54, 1.807) is 7.11 Å². The summed E-state index contributed by atoms with van der Waals surface area (Å²) in [5.41, 5.74) is 4.99. The molecule has 1 aromatic heterocycles. The summed E-state index contributed by atoms with van der Waals surface area (Å²) in [6.45, 7) is 6.48. The number of carbonyl (C=O) groups excluding carboxylic acids is 1. The molecule has 0 radical (unpaired) electrons. The van der Waals surface area contributed by atoms with Gasteiger partial charge in [-0.3, -0.25) is 4.79 Å². The molecule has 0 aliphatic rings. The molecule has 1 heterocycles. The van der Waals surface area contributed by atoms with Gasteiger partial charge in [-0.25, -0.2) is 0 Å². The van der Waals surface area contributed by atoms with Gasteiger partial charge in [0.1, 0.15) is 11.3 Å². The first kappa shape index (κ1) is 20.0. The molecule has 1 unspecified atom stereocenters. The number of likely N-dealkylation sites (N-methyl/N-ethyl adjacent to an activating group) is 1. The Morgan fingerprint density at radius 1 is 1.14 bits per heavy atom. The molecule has 0 spiro atoms. The van der Waals surface area contributed by atoms with E-state index in [4.69, 9.17) is 9.15 Å². The third kappa shape index (κ3) is 3.76. The average Bonchev–Trinajstić information content (AvgIpc) is 2.98. The maximum absolute atomic E-state index is 12.9. The molecule has 0 aliphatic carbocycles. The van der Waals surface area contributed by atoms with E-state index in [9.17, 15) is 4.79 Å². The number of para-hydroxylation sites is 1. The second kappa shape index (κ2) is 8.07. The van der Waals surface area contributed by atoms with Crippen LogP contribution in [-0.2, 0) is 0 Å². The number of aryl methyl sites for hydroxylation is 3. The van der Waals surface area contributed by atoms with Crippen LogP contribution < -0.4 is 10.1 Å². The van der Waals surface area contributed by atoms with Crippen molar-refractivity contribution < 1.29 is 13.9 Å². The van der Waals surface area contributed by atoms with Gasteiger partial charge in [-0.2, -0.15) is 0 Å². The quantitative estimate of drug-likeness (QED) is 0.689. The second-order valence-corrected chi connectivity index (χ2v) is 7.42. The Morgan fingerprint density at radius 2 is 1.82 bits per heavy atom. The molecule has 28 heavy (non-hydrogen) atoms. The topological polar surface area (TPSA) is 54.7 Å². The normalized spacial score (nSPS) is 12.4. The summed E-state index contributed by atoms with van der Waals surface area (Å²) >= 11 is 0. The summed E-state index contributed by atoms with van der Waals surface area (Å²) in [7, 11) is 5.63. The van der Waals surface area contributed by atoms with Crippen molar-refractivity contribution in [1.82, 2.24) is 10.2 Å². The Hall–Kier alpha value is -2.79. The fourth-order valence-corrected chi connectivity index (χ4v) is 3.47.